The molecule has 0 bridgehead atoms. The zero-order chi connectivity index (χ0) is 29.8. The van der Waals surface area contributed by atoms with Crippen LogP contribution < -0.4 is 16.3 Å². The minimum absolute atomic E-state index is 0.0316. The third-order valence-electron chi connectivity index (χ3n) is 5.21. The maximum absolute atomic E-state index is 15.3. The maximum atomic E-state index is 15.3. The quantitative estimate of drug-likeness (QED) is 0.167. The fraction of sp³-hybridized carbons (Fsp3) is 0.773. The van der Waals surface area contributed by atoms with Gasteiger partial charge in [-0.15, -0.1) is 0 Å². The summed E-state index contributed by atoms with van der Waals surface area (Å²) in [5, 5.41) is 10.4. The topological polar surface area (TPSA) is 141 Å². The molecule has 0 amide bonds. The van der Waals surface area contributed by atoms with Crippen molar-refractivity contribution in [3.05, 3.63) is 32.9 Å². The molecule has 0 radical (unpaired) electrons. The predicted octanol–water partition coefficient (Wildman–Crippen LogP) is 2.81. The van der Waals surface area contributed by atoms with E-state index >= 15 is 4.39 Å². The van der Waals surface area contributed by atoms with Gasteiger partial charge >= 0.3 is 5.69 Å². The first-order chi connectivity index (χ1) is 17.9. The number of carbonyl (C=O) groups is 1. The van der Waals surface area contributed by atoms with E-state index in [0.717, 1.165) is 11.8 Å². The lowest BCUT2D eigenvalue weighted by molar-refractivity contribution is -0.117. The third kappa shape index (κ3) is 9.66. The minimum atomic E-state index is -3.33. The molecule has 1 fully saturated rings. The summed E-state index contributed by atoms with van der Waals surface area (Å²) >= 11 is 12.6. The molecule has 3 N–H and O–H groups in total. The number of hydrogen-bond donors (Lipinski definition) is 3. The Kier molecular flexibility index (Phi) is 12.3. The van der Waals surface area contributed by atoms with Gasteiger partial charge < -0.3 is 23.6 Å². The highest BCUT2D eigenvalue weighted by atomic mass is 35.5. The van der Waals surface area contributed by atoms with Crippen LogP contribution in [0.5, 0.6) is 0 Å². The molecule has 6 atom stereocenters. The number of H-pyrrole nitrogens is 1. The fourth-order valence-electron chi connectivity index (χ4n) is 3.18. The Balaban J connectivity index is 2.15. The molecular formula is C22H35ClF2N3O8PS2. The summed E-state index contributed by atoms with van der Waals surface area (Å²) < 4.78 is 52.1. The molecule has 2 unspecified atom stereocenters. The van der Waals surface area contributed by atoms with Gasteiger partial charge in [0.1, 0.15) is 12.2 Å². The summed E-state index contributed by atoms with van der Waals surface area (Å²) in [6, 6.07) is -0.333. The number of aliphatic hydroxyl groups excluding tert-OH is 1. The van der Waals surface area contributed by atoms with Crippen LogP contribution in [0.15, 0.2) is 15.8 Å². The Morgan fingerprint density at radius 1 is 1.38 bits per heavy atom. The summed E-state index contributed by atoms with van der Waals surface area (Å²) in [4.78, 5) is 37.3. The van der Waals surface area contributed by atoms with Crippen molar-refractivity contribution in [2.45, 2.75) is 77.3 Å². The van der Waals surface area contributed by atoms with Crippen LogP contribution in [-0.4, -0.2) is 74.8 Å². The van der Waals surface area contributed by atoms with Crippen LogP contribution in [0.3, 0.4) is 0 Å². The summed E-state index contributed by atoms with van der Waals surface area (Å²) in [7, 11) is 0. The standard InChI is InChI=1S/C22H35ClF2N3O8PS2/c1-12(2)33-10-13(3)27-37(38,34-7-8-39-19(31)21(4,5)6)35-11-15-16(29)22(23,25)18(36-15)28-9-14(24)17(30)26-20(28)32/h9,12-13,15-16,18,29H,7-8,10-11H2,1-6H3,(H,27,38)(H,26,30,32)/t13?,15-,16-,18-,22-,37?/m1/s1. The number of alkyl halides is 2. The van der Waals surface area contributed by atoms with Gasteiger partial charge in [0.05, 0.1) is 32.1 Å². The number of ether oxygens (including phenoxy) is 2. The van der Waals surface area contributed by atoms with Gasteiger partial charge in [0.15, 0.2) is 11.3 Å². The molecule has 1 aliphatic heterocycles. The van der Waals surface area contributed by atoms with E-state index in [4.69, 9.17) is 41.9 Å². The lowest BCUT2D eigenvalue weighted by Gasteiger charge is -2.28. The number of carbonyl (C=O) groups excluding carboxylic acids is 1. The Hall–Kier alpha value is -0.740. The van der Waals surface area contributed by atoms with Gasteiger partial charge in [0.25, 0.3) is 17.3 Å². The second-order valence-electron chi connectivity index (χ2n) is 10.2. The SMILES string of the molecule is CC(COC(C)C)NP(=S)(OCCSC(=O)C(C)(C)C)OC[C@H]1O[C@@H](n2cc(F)c(=O)[nH]c2=O)[C@@](F)(Cl)[C@@H]1O. The molecular weight excluding hydrogens is 603 g/mol. The largest absolute Gasteiger partial charge is 0.385 e. The molecule has 2 heterocycles. The van der Waals surface area contributed by atoms with Crippen molar-refractivity contribution in [1.29, 1.82) is 0 Å². The molecule has 2 rings (SSSR count). The lowest BCUT2D eigenvalue weighted by atomic mass is 10.00. The zero-order valence-corrected chi connectivity index (χ0v) is 25.7. The molecule has 224 valence electrons. The van der Waals surface area contributed by atoms with Crippen molar-refractivity contribution in [2.24, 2.45) is 5.41 Å². The van der Waals surface area contributed by atoms with Crippen molar-refractivity contribution < 1.29 is 37.2 Å². The van der Waals surface area contributed by atoms with Crippen LogP contribution >= 0.6 is 30.0 Å². The molecule has 1 aromatic heterocycles. The van der Waals surface area contributed by atoms with E-state index in [9.17, 15) is 23.9 Å². The highest BCUT2D eigenvalue weighted by molar-refractivity contribution is 8.13. The smallest absolute Gasteiger partial charge is 0.330 e. The highest BCUT2D eigenvalue weighted by Crippen LogP contribution is 2.48. The summed E-state index contributed by atoms with van der Waals surface area (Å²) in [6.45, 7) is 7.37. The molecule has 0 aliphatic carbocycles. The van der Waals surface area contributed by atoms with E-state index < -0.39 is 59.3 Å². The average Bonchev–Trinajstić information content (AvgIpc) is 3.04. The molecule has 1 aliphatic rings. The van der Waals surface area contributed by atoms with Crippen LogP contribution in [0.4, 0.5) is 8.78 Å². The monoisotopic (exact) mass is 637 g/mol. The first-order valence-electron chi connectivity index (χ1n) is 12.1. The van der Waals surface area contributed by atoms with Crippen LogP contribution in [0.2, 0.25) is 0 Å². The first kappa shape index (κ1) is 34.5. The van der Waals surface area contributed by atoms with Gasteiger partial charge in [-0.2, -0.15) is 4.39 Å². The van der Waals surface area contributed by atoms with Crippen LogP contribution in [0, 0.1) is 11.2 Å². The van der Waals surface area contributed by atoms with Crippen LogP contribution in [0.25, 0.3) is 0 Å². The lowest BCUT2D eigenvalue weighted by Crippen LogP contribution is -2.42. The van der Waals surface area contributed by atoms with Crippen molar-refractivity contribution in [3.8, 4) is 0 Å². The molecule has 11 nitrogen and oxygen atoms in total. The van der Waals surface area contributed by atoms with Gasteiger partial charge in [-0.1, -0.05) is 44.1 Å². The van der Waals surface area contributed by atoms with Crippen molar-refractivity contribution in [3.63, 3.8) is 0 Å². The number of aliphatic hydroxyl groups is 1. The number of aromatic amines is 1. The van der Waals surface area contributed by atoms with E-state index in [1.54, 1.807) is 32.7 Å². The molecule has 0 saturated carbocycles. The van der Waals surface area contributed by atoms with Gasteiger partial charge in [0.2, 0.25) is 5.82 Å². The summed E-state index contributed by atoms with van der Waals surface area (Å²) in [6.07, 6.45) is -5.09. The second-order valence-corrected chi connectivity index (χ2v) is 15.1. The van der Waals surface area contributed by atoms with Crippen LogP contribution in [-0.2, 0) is 35.1 Å². The number of nitrogens with zero attached hydrogens (tertiary/aromatic N) is 1. The Morgan fingerprint density at radius 3 is 2.62 bits per heavy atom. The molecule has 0 aromatic carbocycles. The number of halogens is 3. The van der Waals surface area contributed by atoms with Crippen molar-refractivity contribution in [1.82, 2.24) is 14.6 Å². The number of aromatic nitrogens is 2. The van der Waals surface area contributed by atoms with Gasteiger partial charge in [-0.25, -0.2) is 14.3 Å². The van der Waals surface area contributed by atoms with Crippen LogP contribution in [0.1, 0.15) is 47.8 Å². The van der Waals surface area contributed by atoms with Crippen molar-refractivity contribution >= 4 is 46.9 Å². The Morgan fingerprint density at radius 2 is 2.03 bits per heavy atom. The first-order valence-corrected chi connectivity index (χ1v) is 16.1. The fourth-order valence-corrected chi connectivity index (χ4v) is 6.84. The van der Waals surface area contributed by atoms with E-state index in [1.165, 1.54) is 0 Å². The van der Waals surface area contributed by atoms with E-state index in [0.29, 0.717) is 10.8 Å². The number of nitrogens with one attached hydrogen (secondary N) is 2. The summed E-state index contributed by atoms with van der Waals surface area (Å²) in [5.41, 5.74) is -3.04. The number of hydrogen-bond acceptors (Lipinski definition) is 10. The molecule has 0 spiro atoms. The van der Waals surface area contributed by atoms with E-state index in [1.807, 2.05) is 13.8 Å². The predicted molar refractivity (Wildman–Crippen MR) is 148 cm³/mol. The number of rotatable bonds is 13. The van der Waals surface area contributed by atoms with Gasteiger partial charge in [-0.3, -0.25) is 19.1 Å². The van der Waals surface area contributed by atoms with E-state index in [-0.39, 0.29) is 36.2 Å². The Labute approximate surface area is 239 Å². The molecule has 17 heteroatoms. The van der Waals surface area contributed by atoms with Gasteiger partial charge in [0, 0.05) is 17.2 Å². The Bertz CT molecular complexity index is 1160. The highest BCUT2D eigenvalue weighted by Gasteiger charge is 2.58. The average molecular weight is 638 g/mol. The summed E-state index contributed by atoms with van der Waals surface area (Å²) in [5.74, 6) is -1.09. The molecule has 39 heavy (non-hydrogen) atoms. The van der Waals surface area contributed by atoms with Gasteiger partial charge in [-0.05, 0) is 32.6 Å². The molecule has 1 saturated heterocycles. The second kappa shape index (κ2) is 14.0. The normalized spacial score (nSPS) is 26.1. The minimum Gasteiger partial charge on any atom is -0.385 e. The van der Waals surface area contributed by atoms with Crippen molar-refractivity contribution in [2.75, 3.05) is 25.6 Å². The third-order valence-corrected chi connectivity index (χ3v) is 9.59. The zero-order valence-electron chi connectivity index (χ0n) is 22.4. The number of thioether (sulfide) groups is 1. The maximum Gasteiger partial charge on any atom is 0.330 e. The van der Waals surface area contributed by atoms with E-state index in [2.05, 4.69) is 5.09 Å². The molecule has 1 aromatic rings.